The predicted molar refractivity (Wildman–Crippen MR) is 75.3 cm³/mol. The van der Waals surface area contributed by atoms with Gasteiger partial charge in [0, 0.05) is 6.42 Å². The number of amides is 1. The van der Waals surface area contributed by atoms with Crippen molar-refractivity contribution >= 4 is 18.3 Å². The maximum Gasteiger partial charge on any atom is 0.344 e. The first kappa shape index (κ1) is 16.7. The number of hydrogen-bond donors (Lipinski definition) is 1. The predicted octanol–water partition coefficient (Wildman–Crippen LogP) is 0.840. The Morgan fingerprint density at radius 3 is 2.05 bits per heavy atom. The van der Waals surface area contributed by atoms with Crippen LogP contribution in [-0.4, -0.2) is 37.1 Å². The fourth-order valence-electron chi connectivity index (χ4n) is 1.91. The van der Waals surface area contributed by atoms with Gasteiger partial charge in [0.1, 0.15) is 0 Å². The summed E-state index contributed by atoms with van der Waals surface area (Å²) in [6, 6.07) is 8.86. The van der Waals surface area contributed by atoms with E-state index in [-0.39, 0.29) is 19.6 Å². The average molecular weight is 293 g/mol. The quantitative estimate of drug-likeness (QED) is 0.436. The van der Waals surface area contributed by atoms with Gasteiger partial charge < -0.3 is 14.8 Å². The normalized spacial score (nSPS) is 10.6. The Balaban J connectivity index is 3.18. The Labute approximate surface area is 123 Å². The number of carbonyl (C=O) groups is 3. The molecule has 0 radical (unpaired) electrons. The molecule has 0 atom stereocenters. The first-order chi connectivity index (χ1) is 10.1. The lowest BCUT2D eigenvalue weighted by Crippen LogP contribution is -2.60. The monoisotopic (exact) mass is 293 g/mol. The van der Waals surface area contributed by atoms with Crippen LogP contribution in [0.25, 0.3) is 0 Å². The molecule has 0 bridgehead atoms. The van der Waals surface area contributed by atoms with Crippen molar-refractivity contribution in [3.8, 4) is 0 Å². The van der Waals surface area contributed by atoms with Gasteiger partial charge in [-0.25, -0.2) is 9.59 Å². The molecule has 0 aliphatic rings. The lowest BCUT2D eigenvalue weighted by Gasteiger charge is -2.28. The van der Waals surface area contributed by atoms with Crippen molar-refractivity contribution in [1.29, 1.82) is 0 Å². The second-order valence-electron chi connectivity index (χ2n) is 4.27. The highest BCUT2D eigenvalue weighted by Crippen LogP contribution is 2.18. The summed E-state index contributed by atoms with van der Waals surface area (Å²) >= 11 is 0. The van der Waals surface area contributed by atoms with E-state index in [0.717, 1.165) is 0 Å². The molecule has 0 fully saturated rings. The molecule has 0 spiro atoms. The number of ether oxygens (including phenoxy) is 2. The number of carbonyl (C=O) groups excluding carboxylic acids is 3. The molecule has 1 aromatic rings. The summed E-state index contributed by atoms with van der Waals surface area (Å²) in [5.74, 6) is -1.67. The van der Waals surface area contributed by atoms with Gasteiger partial charge in [-0.05, 0) is 19.4 Å². The van der Waals surface area contributed by atoms with Gasteiger partial charge in [-0.1, -0.05) is 30.3 Å². The maximum atomic E-state index is 12.2. The van der Waals surface area contributed by atoms with E-state index in [1.807, 2.05) is 6.07 Å². The molecule has 0 aliphatic carbocycles. The van der Waals surface area contributed by atoms with Crippen molar-refractivity contribution in [3.63, 3.8) is 0 Å². The SMILES string of the molecule is CCOC(=O)C(Cc1ccccc1)(NC=O)C(=O)OCC. The van der Waals surface area contributed by atoms with Crippen molar-refractivity contribution in [1.82, 2.24) is 5.32 Å². The second-order valence-corrected chi connectivity index (χ2v) is 4.27. The highest BCUT2D eigenvalue weighted by molar-refractivity contribution is 6.06. The first-order valence-electron chi connectivity index (χ1n) is 6.70. The van der Waals surface area contributed by atoms with Crippen LogP contribution >= 0.6 is 0 Å². The van der Waals surface area contributed by atoms with E-state index >= 15 is 0 Å². The highest BCUT2D eigenvalue weighted by atomic mass is 16.6. The minimum absolute atomic E-state index is 0.0375. The van der Waals surface area contributed by atoms with Crippen LogP contribution in [0.4, 0.5) is 0 Å². The molecule has 0 heterocycles. The standard InChI is InChI=1S/C15H19NO5/c1-3-20-13(18)15(16-11-17,14(19)21-4-2)10-12-8-6-5-7-9-12/h5-9,11H,3-4,10H2,1-2H3,(H,16,17). The zero-order chi connectivity index (χ0) is 15.7. The van der Waals surface area contributed by atoms with Gasteiger partial charge in [-0.2, -0.15) is 0 Å². The molecule has 6 heteroatoms. The molecular weight excluding hydrogens is 274 g/mol. The molecule has 1 rings (SSSR count). The lowest BCUT2D eigenvalue weighted by atomic mass is 9.90. The molecule has 1 amide bonds. The van der Waals surface area contributed by atoms with Crippen LogP contribution in [0.3, 0.4) is 0 Å². The number of benzene rings is 1. The minimum Gasteiger partial charge on any atom is -0.464 e. The lowest BCUT2D eigenvalue weighted by molar-refractivity contribution is -0.167. The van der Waals surface area contributed by atoms with Crippen LogP contribution in [0.15, 0.2) is 30.3 Å². The van der Waals surface area contributed by atoms with Crippen LogP contribution in [0.5, 0.6) is 0 Å². The van der Waals surface area contributed by atoms with Crippen molar-refractivity contribution in [2.45, 2.75) is 25.8 Å². The summed E-state index contributed by atoms with van der Waals surface area (Å²) in [5.41, 5.74) is -1.16. The molecule has 0 saturated heterocycles. The zero-order valence-corrected chi connectivity index (χ0v) is 12.1. The Morgan fingerprint density at radius 2 is 1.62 bits per heavy atom. The van der Waals surface area contributed by atoms with Gasteiger partial charge in [-0.15, -0.1) is 0 Å². The van der Waals surface area contributed by atoms with Gasteiger partial charge >= 0.3 is 11.9 Å². The van der Waals surface area contributed by atoms with Gasteiger partial charge in [0.05, 0.1) is 13.2 Å². The van der Waals surface area contributed by atoms with E-state index < -0.39 is 17.5 Å². The number of nitrogens with one attached hydrogen (secondary N) is 1. The van der Waals surface area contributed by atoms with Crippen LogP contribution < -0.4 is 5.32 Å². The van der Waals surface area contributed by atoms with Gasteiger partial charge in [0.2, 0.25) is 11.9 Å². The van der Waals surface area contributed by atoms with Crippen LogP contribution in [0.1, 0.15) is 19.4 Å². The zero-order valence-electron chi connectivity index (χ0n) is 12.1. The average Bonchev–Trinajstić information content (AvgIpc) is 2.48. The van der Waals surface area contributed by atoms with E-state index in [1.54, 1.807) is 38.1 Å². The molecule has 1 N–H and O–H groups in total. The third kappa shape index (κ3) is 4.05. The van der Waals surface area contributed by atoms with Gasteiger partial charge in [0.15, 0.2) is 0 Å². The van der Waals surface area contributed by atoms with Crippen molar-refractivity contribution in [3.05, 3.63) is 35.9 Å². The summed E-state index contributed by atoms with van der Waals surface area (Å²) in [6.07, 6.45) is 0.265. The molecular formula is C15H19NO5. The van der Waals surface area contributed by atoms with Crippen LogP contribution in [0, 0.1) is 0 Å². The van der Waals surface area contributed by atoms with E-state index in [0.29, 0.717) is 12.0 Å². The Kier molecular flexibility index (Phi) is 6.39. The molecule has 0 saturated carbocycles. The van der Waals surface area contributed by atoms with Crippen molar-refractivity contribution in [2.24, 2.45) is 0 Å². The minimum atomic E-state index is -1.87. The van der Waals surface area contributed by atoms with Crippen molar-refractivity contribution < 1.29 is 23.9 Å². The van der Waals surface area contributed by atoms with E-state index in [1.165, 1.54) is 0 Å². The fourth-order valence-corrected chi connectivity index (χ4v) is 1.91. The third-order valence-corrected chi connectivity index (χ3v) is 2.87. The molecule has 6 nitrogen and oxygen atoms in total. The molecule has 0 aliphatic heterocycles. The van der Waals surface area contributed by atoms with E-state index in [9.17, 15) is 14.4 Å². The topological polar surface area (TPSA) is 81.7 Å². The Morgan fingerprint density at radius 1 is 1.10 bits per heavy atom. The molecule has 0 unspecified atom stereocenters. The highest BCUT2D eigenvalue weighted by Gasteiger charge is 2.49. The molecule has 114 valence electrons. The maximum absolute atomic E-state index is 12.2. The number of esters is 2. The van der Waals surface area contributed by atoms with Crippen LogP contribution in [0.2, 0.25) is 0 Å². The van der Waals surface area contributed by atoms with Gasteiger partial charge in [0.25, 0.3) is 0 Å². The summed E-state index contributed by atoms with van der Waals surface area (Å²) < 4.78 is 9.88. The molecule has 1 aromatic carbocycles. The Hall–Kier alpha value is -2.37. The summed E-state index contributed by atoms with van der Waals surface area (Å²) in [5, 5.41) is 2.28. The summed E-state index contributed by atoms with van der Waals surface area (Å²) in [7, 11) is 0. The van der Waals surface area contributed by atoms with Crippen LogP contribution in [-0.2, 0) is 30.3 Å². The van der Waals surface area contributed by atoms with E-state index in [2.05, 4.69) is 5.32 Å². The number of hydrogen-bond acceptors (Lipinski definition) is 5. The smallest absolute Gasteiger partial charge is 0.344 e. The van der Waals surface area contributed by atoms with E-state index in [4.69, 9.17) is 9.47 Å². The van der Waals surface area contributed by atoms with Crippen molar-refractivity contribution in [2.75, 3.05) is 13.2 Å². The first-order valence-corrected chi connectivity index (χ1v) is 6.70. The Bertz CT molecular complexity index is 468. The molecule has 21 heavy (non-hydrogen) atoms. The third-order valence-electron chi connectivity index (χ3n) is 2.87. The molecule has 0 aromatic heterocycles. The van der Waals surface area contributed by atoms with Gasteiger partial charge in [-0.3, -0.25) is 4.79 Å². The number of rotatable bonds is 8. The summed E-state index contributed by atoms with van der Waals surface area (Å²) in [6.45, 7) is 3.43. The summed E-state index contributed by atoms with van der Waals surface area (Å²) in [4.78, 5) is 35.4. The fraction of sp³-hybridized carbons (Fsp3) is 0.400. The largest absolute Gasteiger partial charge is 0.464 e. The second kappa shape index (κ2) is 8.04.